The molecule has 0 aliphatic rings. The van der Waals surface area contributed by atoms with E-state index in [2.05, 4.69) is 20.5 Å². The van der Waals surface area contributed by atoms with Gasteiger partial charge < -0.3 is 4.84 Å². The summed E-state index contributed by atoms with van der Waals surface area (Å²) >= 11 is 0. The molecule has 4 rings (SSSR count). The molecule has 152 valence electrons. The van der Waals surface area contributed by atoms with Crippen molar-refractivity contribution in [2.45, 2.75) is 12.7 Å². The number of hydrogen-bond acceptors (Lipinski definition) is 6. The van der Waals surface area contributed by atoms with Crippen LogP contribution in [0.1, 0.15) is 21.7 Å². The van der Waals surface area contributed by atoms with Gasteiger partial charge in [0.1, 0.15) is 0 Å². The van der Waals surface area contributed by atoms with Crippen LogP contribution in [0.2, 0.25) is 0 Å². The van der Waals surface area contributed by atoms with Gasteiger partial charge in [-0.2, -0.15) is 18.3 Å². The monoisotopic (exact) mass is 413 g/mol. The van der Waals surface area contributed by atoms with Gasteiger partial charge >= 0.3 is 12.1 Å². The van der Waals surface area contributed by atoms with Crippen LogP contribution in [0.15, 0.2) is 67.0 Å². The molecule has 0 unspecified atom stereocenters. The summed E-state index contributed by atoms with van der Waals surface area (Å²) in [4.78, 5) is 25.2. The fourth-order valence-corrected chi connectivity index (χ4v) is 2.78. The molecule has 4 aromatic rings. The Kier molecular flexibility index (Phi) is 5.15. The average molecular weight is 413 g/mol. The SMILES string of the molecule is O=C(ONCc1ccccc1)c1cc2nc(-c3ccncc3)cc(C(F)(F)F)n2n1. The first-order valence-electron chi connectivity index (χ1n) is 8.78. The molecule has 0 saturated heterocycles. The number of alkyl halides is 3. The van der Waals surface area contributed by atoms with E-state index >= 15 is 0 Å². The normalized spacial score (nSPS) is 11.6. The minimum Gasteiger partial charge on any atom is -0.365 e. The maximum absolute atomic E-state index is 13.6. The standard InChI is InChI=1S/C20H14F3N5O2/c21-20(22,23)17-10-15(14-6-8-24-9-7-14)26-18-11-16(27-28(17)18)19(29)30-25-12-13-4-2-1-3-5-13/h1-11,25H,12H2. The number of fused-ring (bicyclic) bond motifs is 1. The summed E-state index contributed by atoms with van der Waals surface area (Å²) in [5.74, 6) is -0.921. The van der Waals surface area contributed by atoms with Gasteiger partial charge in [-0.25, -0.2) is 14.3 Å². The topological polar surface area (TPSA) is 81.4 Å². The zero-order valence-corrected chi connectivity index (χ0v) is 15.3. The summed E-state index contributed by atoms with van der Waals surface area (Å²) in [7, 11) is 0. The van der Waals surface area contributed by atoms with E-state index in [0.717, 1.165) is 17.7 Å². The molecular formula is C20H14F3N5O2. The van der Waals surface area contributed by atoms with Crippen molar-refractivity contribution in [3.8, 4) is 11.3 Å². The van der Waals surface area contributed by atoms with Crippen LogP contribution in [-0.4, -0.2) is 25.6 Å². The second kappa shape index (κ2) is 7.91. The number of hydroxylamine groups is 1. The number of benzene rings is 1. The van der Waals surface area contributed by atoms with E-state index in [4.69, 9.17) is 4.84 Å². The fraction of sp³-hybridized carbons (Fsp3) is 0.100. The predicted molar refractivity (Wildman–Crippen MR) is 99.9 cm³/mol. The highest BCUT2D eigenvalue weighted by Gasteiger charge is 2.35. The number of nitrogens with one attached hydrogen (secondary N) is 1. The van der Waals surface area contributed by atoms with Crippen molar-refractivity contribution < 1.29 is 22.8 Å². The average Bonchev–Trinajstić information content (AvgIpc) is 3.18. The summed E-state index contributed by atoms with van der Waals surface area (Å²) in [6.45, 7) is 0.234. The number of hydrogen-bond donors (Lipinski definition) is 1. The molecule has 3 aromatic heterocycles. The van der Waals surface area contributed by atoms with Gasteiger partial charge in [0.2, 0.25) is 0 Å². The summed E-state index contributed by atoms with van der Waals surface area (Å²) in [6.07, 6.45) is -1.81. The number of nitrogens with zero attached hydrogens (tertiary/aromatic N) is 4. The van der Waals surface area contributed by atoms with Crippen molar-refractivity contribution in [3.63, 3.8) is 0 Å². The molecule has 0 saturated carbocycles. The Bertz CT molecular complexity index is 1180. The molecule has 30 heavy (non-hydrogen) atoms. The molecule has 0 aliphatic heterocycles. The van der Waals surface area contributed by atoms with Gasteiger partial charge in [0.25, 0.3) is 0 Å². The molecule has 0 fully saturated rings. The molecule has 1 aromatic carbocycles. The Morgan fingerprint density at radius 1 is 1.07 bits per heavy atom. The Balaban J connectivity index is 1.63. The lowest BCUT2D eigenvalue weighted by molar-refractivity contribution is -0.142. The van der Waals surface area contributed by atoms with Crippen molar-refractivity contribution in [1.82, 2.24) is 25.1 Å². The second-order valence-corrected chi connectivity index (χ2v) is 6.26. The van der Waals surface area contributed by atoms with E-state index in [0.29, 0.717) is 10.1 Å². The van der Waals surface area contributed by atoms with Crippen molar-refractivity contribution in [2.24, 2.45) is 0 Å². The molecule has 0 bridgehead atoms. The fourth-order valence-electron chi connectivity index (χ4n) is 2.78. The molecule has 0 aliphatic carbocycles. The third kappa shape index (κ3) is 4.13. The molecular weight excluding hydrogens is 399 g/mol. The first-order chi connectivity index (χ1) is 14.4. The Labute approximate surface area is 168 Å². The molecule has 0 atom stereocenters. The molecule has 1 N–H and O–H groups in total. The predicted octanol–water partition coefficient (Wildman–Crippen LogP) is 3.67. The quantitative estimate of drug-likeness (QED) is 0.503. The Morgan fingerprint density at radius 3 is 2.50 bits per heavy atom. The van der Waals surface area contributed by atoms with Gasteiger partial charge in [-0.15, -0.1) is 5.48 Å². The molecule has 3 heterocycles. The number of halogens is 3. The number of carbonyl (C=O) groups excluding carboxylic acids is 1. The van der Waals surface area contributed by atoms with Crippen LogP contribution < -0.4 is 5.48 Å². The lowest BCUT2D eigenvalue weighted by Gasteiger charge is -2.10. The van der Waals surface area contributed by atoms with Crippen LogP contribution in [0, 0.1) is 0 Å². The highest BCUT2D eigenvalue weighted by Crippen LogP contribution is 2.32. The largest absolute Gasteiger partial charge is 0.433 e. The summed E-state index contributed by atoms with van der Waals surface area (Å²) in [6, 6.07) is 14.2. The maximum atomic E-state index is 13.6. The van der Waals surface area contributed by atoms with Gasteiger partial charge in [0, 0.05) is 24.0 Å². The number of rotatable bonds is 5. The van der Waals surface area contributed by atoms with Crippen molar-refractivity contribution in [1.29, 1.82) is 0 Å². The van der Waals surface area contributed by atoms with Crippen LogP contribution in [-0.2, 0) is 17.6 Å². The van der Waals surface area contributed by atoms with Crippen molar-refractivity contribution >= 4 is 11.6 Å². The third-order valence-electron chi connectivity index (χ3n) is 4.19. The van der Waals surface area contributed by atoms with E-state index in [1.807, 2.05) is 30.3 Å². The first-order valence-corrected chi connectivity index (χ1v) is 8.78. The molecule has 0 spiro atoms. The summed E-state index contributed by atoms with van der Waals surface area (Å²) in [5, 5.41) is 3.75. The van der Waals surface area contributed by atoms with Gasteiger partial charge in [0.15, 0.2) is 17.0 Å². The zero-order chi connectivity index (χ0) is 21.1. The number of carbonyl (C=O) groups is 1. The van der Waals surface area contributed by atoms with Gasteiger partial charge in [-0.3, -0.25) is 4.98 Å². The van der Waals surface area contributed by atoms with Crippen LogP contribution in [0.5, 0.6) is 0 Å². The highest BCUT2D eigenvalue weighted by atomic mass is 19.4. The lowest BCUT2D eigenvalue weighted by Crippen LogP contribution is -2.20. The summed E-state index contributed by atoms with van der Waals surface area (Å²) < 4.78 is 41.3. The second-order valence-electron chi connectivity index (χ2n) is 6.26. The Morgan fingerprint density at radius 2 is 1.80 bits per heavy atom. The van der Waals surface area contributed by atoms with Crippen molar-refractivity contribution in [3.05, 3.63) is 83.9 Å². The van der Waals surface area contributed by atoms with Gasteiger partial charge in [-0.1, -0.05) is 30.3 Å². The Hall–Kier alpha value is -3.79. The molecule has 7 nitrogen and oxygen atoms in total. The van der Waals surface area contributed by atoms with Gasteiger partial charge in [0.05, 0.1) is 12.2 Å². The minimum atomic E-state index is -4.71. The van der Waals surface area contributed by atoms with E-state index in [1.54, 1.807) is 0 Å². The number of aromatic nitrogens is 4. The van der Waals surface area contributed by atoms with Gasteiger partial charge in [-0.05, 0) is 23.8 Å². The van der Waals surface area contributed by atoms with E-state index < -0.39 is 17.8 Å². The molecule has 0 radical (unpaired) electrons. The van der Waals surface area contributed by atoms with Crippen LogP contribution >= 0.6 is 0 Å². The third-order valence-corrected chi connectivity index (χ3v) is 4.19. The van der Waals surface area contributed by atoms with Crippen LogP contribution in [0.3, 0.4) is 0 Å². The number of pyridine rings is 1. The maximum Gasteiger partial charge on any atom is 0.433 e. The zero-order valence-electron chi connectivity index (χ0n) is 15.3. The lowest BCUT2D eigenvalue weighted by atomic mass is 10.1. The van der Waals surface area contributed by atoms with E-state index in [1.165, 1.54) is 24.5 Å². The molecule has 10 heteroatoms. The smallest absolute Gasteiger partial charge is 0.365 e. The van der Waals surface area contributed by atoms with Crippen LogP contribution in [0.25, 0.3) is 16.9 Å². The highest BCUT2D eigenvalue weighted by molar-refractivity contribution is 5.88. The first kappa shape index (κ1) is 19.5. The van der Waals surface area contributed by atoms with Crippen molar-refractivity contribution in [2.75, 3.05) is 0 Å². The summed E-state index contributed by atoms with van der Waals surface area (Å²) in [5.41, 5.74) is 2.38. The minimum absolute atomic E-state index is 0.0826. The molecule has 0 amide bonds. The van der Waals surface area contributed by atoms with E-state index in [9.17, 15) is 18.0 Å². The van der Waals surface area contributed by atoms with Crippen LogP contribution in [0.4, 0.5) is 13.2 Å². The van der Waals surface area contributed by atoms with E-state index in [-0.39, 0.29) is 23.6 Å².